The molecule has 0 bridgehead atoms. The zero-order valence-corrected chi connectivity index (χ0v) is 14.2. The van der Waals surface area contributed by atoms with E-state index in [1.54, 1.807) is 30.3 Å². The second-order valence-electron chi connectivity index (χ2n) is 6.13. The topological polar surface area (TPSA) is 36.1 Å². The maximum Gasteiger partial charge on any atom is 0.254 e. The molecule has 0 atom stereocenters. The van der Waals surface area contributed by atoms with Crippen LogP contribution in [0.5, 0.6) is 0 Å². The van der Waals surface area contributed by atoms with E-state index in [4.69, 9.17) is 11.6 Å². The number of hydrogen-bond acceptors (Lipinski definition) is 1. The smallest absolute Gasteiger partial charge is 0.254 e. The van der Waals surface area contributed by atoms with Crippen LogP contribution in [0, 0.1) is 5.82 Å². The lowest BCUT2D eigenvalue weighted by Crippen LogP contribution is -2.34. The third kappa shape index (κ3) is 3.05. The summed E-state index contributed by atoms with van der Waals surface area (Å²) in [6.07, 6.45) is 4.75. The van der Waals surface area contributed by atoms with Crippen molar-refractivity contribution < 1.29 is 9.18 Å². The Kier molecular flexibility index (Phi) is 4.06. The first kappa shape index (κ1) is 15.9. The van der Waals surface area contributed by atoms with Gasteiger partial charge in [0.25, 0.3) is 5.91 Å². The van der Waals surface area contributed by atoms with E-state index in [-0.39, 0.29) is 11.7 Å². The molecule has 1 N–H and O–H groups in total. The summed E-state index contributed by atoms with van der Waals surface area (Å²) in [4.78, 5) is 17.5. The van der Waals surface area contributed by atoms with Gasteiger partial charge in [-0.15, -0.1) is 0 Å². The number of fused-ring (bicyclic) bond motifs is 1. The highest BCUT2D eigenvalue weighted by Gasteiger charge is 2.20. The molecule has 1 amide bonds. The summed E-state index contributed by atoms with van der Waals surface area (Å²) < 4.78 is 13.3. The molecule has 0 unspecified atom stereocenters. The fourth-order valence-corrected chi connectivity index (χ4v) is 3.36. The van der Waals surface area contributed by atoms with Crippen LogP contribution in [-0.4, -0.2) is 28.9 Å². The lowest BCUT2D eigenvalue weighted by molar-refractivity contribution is 0.0773. The summed E-state index contributed by atoms with van der Waals surface area (Å²) in [6.45, 7) is 1.21. The van der Waals surface area contributed by atoms with E-state index < -0.39 is 0 Å². The zero-order valence-electron chi connectivity index (χ0n) is 13.4. The average Bonchev–Trinajstić information content (AvgIpc) is 3.05. The Morgan fingerprint density at radius 1 is 1.16 bits per heavy atom. The van der Waals surface area contributed by atoms with Crippen molar-refractivity contribution in [1.29, 1.82) is 0 Å². The van der Waals surface area contributed by atoms with Crippen LogP contribution in [0.4, 0.5) is 4.39 Å². The predicted molar refractivity (Wildman–Crippen MR) is 98.2 cm³/mol. The number of nitrogens with zero attached hydrogens (tertiary/aromatic N) is 1. The van der Waals surface area contributed by atoms with Crippen LogP contribution in [-0.2, 0) is 0 Å². The number of nitrogens with one attached hydrogen (secondary N) is 1. The number of H-pyrrole nitrogens is 1. The van der Waals surface area contributed by atoms with E-state index in [2.05, 4.69) is 11.1 Å². The molecule has 1 aliphatic rings. The van der Waals surface area contributed by atoms with Crippen molar-refractivity contribution in [2.75, 3.05) is 13.1 Å². The normalized spacial score (nSPS) is 14.6. The Bertz CT molecular complexity index is 975. The number of rotatable bonds is 2. The maximum atomic E-state index is 13.3. The highest BCUT2D eigenvalue weighted by atomic mass is 35.5. The summed E-state index contributed by atoms with van der Waals surface area (Å²) in [5.74, 6) is -0.244. The quantitative estimate of drug-likeness (QED) is 0.698. The summed E-state index contributed by atoms with van der Waals surface area (Å²) in [5.41, 5.74) is 3.69. The van der Waals surface area contributed by atoms with E-state index in [0.717, 1.165) is 22.9 Å². The molecule has 1 aliphatic heterocycles. The van der Waals surface area contributed by atoms with Gasteiger partial charge >= 0.3 is 0 Å². The number of aromatic nitrogens is 1. The fourth-order valence-electron chi connectivity index (χ4n) is 3.24. The van der Waals surface area contributed by atoms with Crippen LogP contribution < -0.4 is 0 Å². The van der Waals surface area contributed by atoms with Crippen LogP contribution in [0.25, 0.3) is 16.5 Å². The number of hydrogen-bond donors (Lipinski definition) is 1. The maximum absolute atomic E-state index is 13.3. The molecular formula is C20H16ClFN2O. The number of halogens is 2. The second-order valence-corrected chi connectivity index (χ2v) is 6.57. The van der Waals surface area contributed by atoms with Gasteiger partial charge in [-0.05, 0) is 54.5 Å². The molecule has 2 aromatic carbocycles. The highest BCUT2D eigenvalue weighted by Crippen LogP contribution is 2.30. The van der Waals surface area contributed by atoms with Gasteiger partial charge in [0, 0.05) is 46.3 Å². The van der Waals surface area contributed by atoms with E-state index in [9.17, 15) is 9.18 Å². The molecule has 3 aromatic rings. The van der Waals surface area contributed by atoms with Crippen LogP contribution in [0.15, 0.2) is 54.7 Å². The molecule has 0 saturated heterocycles. The van der Waals surface area contributed by atoms with Crippen molar-refractivity contribution >= 4 is 34.0 Å². The van der Waals surface area contributed by atoms with Gasteiger partial charge in [-0.25, -0.2) is 4.39 Å². The van der Waals surface area contributed by atoms with Crippen molar-refractivity contribution in [3.05, 3.63) is 76.7 Å². The minimum Gasteiger partial charge on any atom is -0.360 e. The molecule has 1 aromatic heterocycles. The summed E-state index contributed by atoms with van der Waals surface area (Å²) >= 11 is 5.87. The first-order valence-corrected chi connectivity index (χ1v) is 8.50. The monoisotopic (exact) mass is 354 g/mol. The second kappa shape index (κ2) is 6.37. The molecule has 25 heavy (non-hydrogen) atoms. The van der Waals surface area contributed by atoms with Crippen LogP contribution in [0.1, 0.15) is 22.3 Å². The third-order valence-electron chi connectivity index (χ3n) is 4.58. The summed E-state index contributed by atoms with van der Waals surface area (Å²) in [7, 11) is 0. The Hall–Kier alpha value is -2.59. The van der Waals surface area contributed by atoms with Crippen molar-refractivity contribution in [1.82, 2.24) is 9.88 Å². The molecule has 0 fully saturated rings. The number of amides is 1. The molecule has 2 heterocycles. The minimum atomic E-state index is -0.252. The molecule has 0 aliphatic carbocycles. The number of carbonyl (C=O) groups excluding carboxylic acids is 1. The Morgan fingerprint density at radius 2 is 1.96 bits per heavy atom. The van der Waals surface area contributed by atoms with E-state index in [1.165, 1.54) is 17.7 Å². The largest absolute Gasteiger partial charge is 0.360 e. The Balaban J connectivity index is 1.55. The van der Waals surface area contributed by atoms with Gasteiger partial charge in [0.1, 0.15) is 5.82 Å². The number of carbonyl (C=O) groups is 1. The molecule has 126 valence electrons. The van der Waals surface area contributed by atoms with Gasteiger partial charge in [0.15, 0.2) is 0 Å². The Morgan fingerprint density at radius 3 is 2.68 bits per heavy atom. The van der Waals surface area contributed by atoms with Gasteiger partial charge in [-0.3, -0.25) is 4.79 Å². The van der Waals surface area contributed by atoms with Crippen molar-refractivity contribution in [2.45, 2.75) is 6.42 Å². The highest BCUT2D eigenvalue weighted by molar-refractivity contribution is 6.30. The van der Waals surface area contributed by atoms with Gasteiger partial charge in [0.05, 0.1) is 0 Å². The lowest BCUT2D eigenvalue weighted by atomic mass is 9.98. The lowest BCUT2D eigenvalue weighted by Gasteiger charge is -2.26. The number of benzene rings is 2. The molecule has 0 saturated carbocycles. The van der Waals surface area contributed by atoms with E-state index >= 15 is 0 Å². The van der Waals surface area contributed by atoms with Gasteiger partial charge in [-0.1, -0.05) is 17.7 Å². The molecular weight excluding hydrogens is 339 g/mol. The van der Waals surface area contributed by atoms with Gasteiger partial charge < -0.3 is 9.88 Å². The molecule has 3 nitrogen and oxygen atoms in total. The number of aromatic amines is 1. The molecule has 4 rings (SSSR count). The van der Waals surface area contributed by atoms with Crippen LogP contribution in [0.2, 0.25) is 5.02 Å². The minimum absolute atomic E-state index is 0.00737. The first-order chi connectivity index (χ1) is 12.1. The van der Waals surface area contributed by atoms with E-state index in [1.807, 2.05) is 11.1 Å². The van der Waals surface area contributed by atoms with Crippen molar-refractivity contribution in [2.24, 2.45) is 0 Å². The van der Waals surface area contributed by atoms with Crippen LogP contribution in [0.3, 0.4) is 0 Å². The fraction of sp³-hybridized carbons (Fsp3) is 0.150. The Labute approximate surface area is 149 Å². The van der Waals surface area contributed by atoms with E-state index in [0.29, 0.717) is 23.7 Å². The molecule has 0 radical (unpaired) electrons. The predicted octanol–water partition coefficient (Wildman–Crippen LogP) is 4.89. The molecule has 0 spiro atoms. The van der Waals surface area contributed by atoms with Crippen molar-refractivity contribution in [3.63, 3.8) is 0 Å². The molecule has 5 heteroatoms. The summed E-state index contributed by atoms with van der Waals surface area (Å²) in [6, 6.07) is 11.7. The first-order valence-electron chi connectivity index (χ1n) is 8.13. The van der Waals surface area contributed by atoms with Gasteiger partial charge in [-0.2, -0.15) is 0 Å². The zero-order chi connectivity index (χ0) is 17.4. The SMILES string of the molecule is O=C(c1ccc(Cl)cc1)N1CC=C(c2c[nH]c3cc(F)ccc23)CC1. The third-order valence-corrected chi connectivity index (χ3v) is 4.83. The van der Waals surface area contributed by atoms with Crippen molar-refractivity contribution in [3.8, 4) is 0 Å². The summed E-state index contributed by atoms with van der Waals surface area (Å²) in [5, 5.41) is 1.62. The van der Waals surface area contributed by atoms with Crippen LogP contribution >= 0.6 is 11.6 Å². The van der Waals surface area contributed by atoms with Gasteiger partial charge in [0.2, 0.25) is 0 Å². The standard InChI is InChI=1S/C20H16ClFN2O/c21-15-3-1-14(2-4-15)20(25)24-9-7-13(8-10-24)18-12-23-19-11-16(22)5-6-17(18)19/h1-7,11-12,23H,8-10H2. The average molecular weight is 355 g/mol.